The summed E-state index contributed by atoms with van der Waals surface area (Å²) in [5.41, 5.74) is 6.01. The molecular weight excluding hydrogens is 410 g/mol. The minimum Gasteiger partial charge on any atom is -0.336 e. The highest BCUT2D eigenvalue weighted by molar-refractivity contribution is 6.06. The fourth-order valence-electron chi connectivity index (χ4n) is 4.88. The summed E-state index contributed by atoms with van der Waals surface area (Å²) in [6.45, 7) is 14.8. The fraction of sp³-hybridized carbons (Fsp3) is 0.519. The van der Waals surface area contributed by atoms with Gasteiger partial charge in [0.05, 0.1) is 22.2 Å². The summed E-state index contributed by atoms with van der Waals surface area (Å²) in [5.74, 6) is 0.604. The lowest BCUT2D eigenvalue weighted by Gasteiger charge is -2.35. The van der Waals surface area contributed by atoms with E-state index in [2.05, 4.69) is 62.9 Å². The Hall–Kier alpha value is -2.73. The molecule has 6 nitrogen and oxygen atoms in total. The molecule has 1 aliphatic heterocycles. The molecule has 5 rings (SSSR count). The minimum absolute atomic E-state index is 0.121. The summed E-state index contributed by atoms with van der Waals surface area (Å²) in [6.07, 6.45) is 2.32. The third-order valence-corrected chi connectivity index (χ3v) is 6.84. The average molecular weight is 446 g/mol. The first-order valence-electron chi connectivity index (χ1n) is 12.2. The first-order valence-corrected chi connectivity index (χ1v) is 12.2. The number of carbonyl (C=O) groups is 1. The van der Waals surface area contributed by atoms with Crippen molar-refractivity contribution in [3.63, 3.8) is 0 Å². The maximum atomic E-state index is 13.8. The fourth-order valence-corrected chi connectivity index (χ4v) is 4.88. The van der Waals surface area contributed by atoms with Crippen LogP contribution in [-0.2, 0) is 12.1 Å². The molecule has 2 aromatic heterocycles. The molecule has 1 amide bonds. The van der Waals surface area contributed by atoms with Gasteiger partial charge in [-0.3, -0.25) is 9.69 Å². The van der Waals surface area contributed by atoms with Crippen molar-refractivity contribution in [3.05, 3.63) is 58.4 Å². The van der Waals surface area contributed by atoms with Crippen LogP contribution >= 0.6 is 0 Å². The second-order valence-electron chi connectivity index (χ2n) is 10.8. The average Bonchev–Trinajstić information content (AvgIpc) is 3.56. The molecule has 0 bridgehead atoms. The second-order valence-corrected chi connectivity index (χ2v) is 10.8. The SMILES string of the molecule is Cc1cccc(CN2CCN(C(=O)c3cc(C4CC4)nc4c3c(C)nn4C(C)(C)C)CC2)c1. The highest BCUT2D eigenvalue weighted by Crippen LogP contribution is 2.41. The Kier molecular flexibility index (Phi) is 5.52. The Labute approximate surface area is 196 Å². The number of carbonyl (C=O) groups excluding carboxylic acids is 1. The third kappa shape index (κ3) is 4.41. The number of piperazine rings is 1. The highest BCUT2D eigenvalue weighted by atomic mass is 16.2. The van der Waals surface area contributed by atoms with Crippen LogP contribution in [-0.4, -0.2) is 56.7 Å². The molecule has 0 N–H and O–H groups in total. The number of benzene rings is 1. The van der Waals surface area contributed by atoms with Crippen LogP contribution in [0.3, 0.4) is 0 Å². The number of amides is 1. The first-order chi connectivity index (χ1) is 15.7. The Morgan fingerprint density at radius 3 is 2.42 bits per heavy atom. The van der Waals surface area contributed by atoms with Gasteiger partial charge in [-0.05, 0) is 59.1 Å². The molecule has 2 fully saturated rings. The van der Waals surface area contributed by atoms with Crippen LogP contribution in [0.25, 0.3) is 11.0 Å². The van der Waals surface area contributed by atoms with Crippen molar-refractivity contribution in [2.24, 2.45) is 0 Å². The van der Waals surface area contributed by atoms with E-state index >= 15 is 0 Å². The Morgan fingerprint density at radius 2 is 1.79 bits per heavy atom. The number of rotatable bonds is 4. The molecule has 3 heterocycles. The molecule has 0 radical (unpaired) electrons. The van der Waals surface area contributed by atoms with E-state index in [0.29, 0.717) is 5.92 Å². The van der Waals surface area contributed by atoms with E-state index in [1.165, 1.54) is 11.1 Å². The zero-order chi connectivity index (χ0) is 23.3. The standard InChI is InChI=1S/C27H35N5O/c1-18-7-6-8-20(15-18)17-30-11-13-31(14-12-30)26(33)22-16-23(21-9-10-21)28-25-24(22)19(2)29-32(25)27(3,4)5/h6-8,15-16,21H,9-14,17H2,1-5H3. The van der Waals surface area contributed by atoms with Crippen LogP contribution in [0, 0.1) is 13.8 Å². The van der Waals surface area contributed by atoms with Crippen LogP contribution < -0.4 is 0 Å². The molecule has 0 unspecified atom stereocenters. The summed E-state index contributed by atoms with van der Waals surface area (Å²) < 4.78 is 2.00. The summed E-state index contributed by atoms with van der Waals surface area (Å²) in [7, 11) is 0. The quantitative estimate of drug-likeness (QED) is 0.587. The first kappa shape index (κ1) is 22.1. The number of aryl methyl sites for hydroxylation is 2. The van der Waals surface area contributed by atoms with Gasteiger partial charge in [-0.2, -0.15) is 5.10 Å². The molecule has 174 valence electrons. The molecule has 0 atom stereocenters. The van der Waals surface area contributed by atoms with Crippen molar-refractivity contribution in [2.75, 3.05) is 26.2 Å². The summed E-state index contributed by atoms with van der Waals surface area (Å²) in [5, 5.41) is 5.73. The van der Waals surface area contributed by atoms with E-state index in [9.17, 15) is 4.79 Å². The van der Waals surface area contributed by atoms with Crippen LogP contribution in [0.1, 0.15) is 72.4 Å². The van der Waals surface area contributed by atoms with E-state index in [-0.39, 0.29) is 11.4 Å². The number of hydrogen-bond acceptors (Lipinski definition) is 4. The maximum Gasteiger partial charge on any atom is 0.254 e. The van der Waals surface area contributed by atoms with Gasteiger partial charge in [-0.15, -0.1) is 0 Å². The molecular formula is C27H35N5O. The maximum absolute atomic E-state index is 13.8. The molecule has 1 saturated carbocycles. The number of aromatic nitrogens is 3. The lowest BCUT2D eigenvalue weighted by Crippen LogP contribution is -2.48. The molecule has 6 heteroatoms. The highest BCUT2D eigenvalue weighted by Gasteiger charge is 2.32. The number of pyridine rings is 1. The summed E-state index contributed by atoms with van der Waals surface area (Å²) in [4.78, 5) is 23.2. The van der Waals surface area contributed by atoms with E-state index in [1.807, 2.05) is 16.5 Å². The largest absolute Gasteiger partial charge is 0.336 e. The minimum atomic E-state index is -0.191. The Balaban J connectivity index is 1.40. The molecule has 3 aromatic rings. The van der Waals surface area contributed by atoms with Gasteiger partial charge in [-0.1, -0.05) is 29.8 Å². The van der Waals surface area contributed by atoms with Gasteiger partial charge in [-0.25, -0.2) is 9.67 Å². The van der Waals surface area contributed by atoms with Crippen molar-refractivity contribution in [1.29, 1.82) is 0 Å². The van der Waals surface area contributed by atoms with Crippen molar-refractivity contribution in [3.8, 4) is 0 Å². The Morgan fingerprint density at radius 1 is 1.06 bits per heavy atom. The molecule has 0 spiro atoms. The Bertz CT molecular complexity index is 1190. The number of nitrogens with zero attached hydrogens (tertiary/aromatic N) is 5. The molecule has 1 aromatic carbocycles. The van der Waals surface area contributed by atoms with Gasteiger partial charge in [0.15, 0.2) is 5.65 Å². The summed E-state index contributed by atoms with van der Waals surface area (Å²) >= 11 is 0. The van der Waals surface area contributed by atoms with E-state index < -0.39 is 0 Å². The van der Waals surface area contributed by atoms with Crippen LogP contribution in [0.15, 0.2) is 30.3 Å². The number of hydrogen-bond donors (Lipinski definition) is 0. The normalized spacial score (nSPS) is 17.7. The van der Waals surface area contributed by atoms with Gasteiger partial charge in [0.2, 0.25) is 0 Å². The van der Waals surface area contributed by atoms with Gasteiger partial charge < -0.3 is 4.90 Å². The smallest absolute Gasteiger partial charge is 0.254 e. The van der Waals surface area contributed by atoms with Crippen LogP contribution in [0.4, 0.5) is 0 Å². The van der Waals surface area contributed by atoms with Crippen molar-refractivity contribution < 1.29 is 4.79 Å². The molecule has 33 heavy (non-hydrogen) atoms. The van der Waals surface area contributed by atoms with Crippen LogP contribution in [0.2, 0.25) is 0 Å². The molecule has 1 saturated heterocycles. The van der Waals surface area contributed by atoms with Gasteiger partial charge >= 0.3 is 0 Å². The van der Waals surface area contributed by atoms with Crippen molar-refractivity contribution >= 4 is 16.9 Å². The van der Waals surface area contributed by atoms with E-state index in [4.69, 9.17) is 10.1 Å². The summed E-state index contributed by atoms with van der Waals surface area (Å²) in [6, 6.07) is 10.8. The predicted octanol–water partition coefficient (Wildman–Crippen LogP) is 4.64. The van der Waals surface area contributed by atoms with Crippen molar-refractivity contribution in [1.82, 2.24) is 24.6 Å². The van der Waals surface area contributed by atoms with Gasteiger partial charge in [0, 0.05) is 44.3 Å². The second kappa shape index (κ2) is 8.24. The third-order valence-electron chi connectivity index (χ3n) is 6.84. The monoisotopic (exact) mass is 445 g/mol. The lowest BCUT2D eigenvalue weighted by atomic mass is 10.0. The lowest BCUT2D eigenvalue weighted by molar-refractivity contribution is 0.0630. The predicted molar refractivity (Wildman–Crippen MR) is 132 cm³/mol. The van der Waals surface area contributed by atoms with Gasteiger partial charge in [0.25, 0.3) is 5.91 Å². The van der Waals surface area contributed by atoms with Crippen LogP contribution in [0.5, 0.6) is 0 Å². The number of fused-ring (bicyclic) bond motifs is 1. The zero-order valence-electron chi connectivity index (χ0n) is 20.6. The topological polar surface area (TPSA) is 54.3 Å². The van der Waals surface area contributed by atoms with Crippen molar-refractivity contribution in [2.45, 2.75) is 65.5 Å². The zero-order valence-corrected chi connectivity index (χ0v) is 20.6. The molecule has 2 aliphatic rings. The van der Waals surface area contributed by atoms with E-state index in [0.717, 1.165) is 73.6 Å². The van der Waals surface area contributed by atoms with Gasteiger partial charge in [0.1, 0.15) is 0 Å². The molecule has 1 aliphatic carbocycles. The van der Waals surface area contributed by atoms with E-state index in [1.54, 1.807) is 0 Å².